The van der Waals surface area contributed by atoms with Crippen molar-refractivity contribution in [3.05, 3.63) is 65.9 Å². The molecule has 2 aromatic carbocycles. The van der Waals surface area contributed by atoms with E-state index in [2.05, 4.69) is 23.8 Å². The third kappa shape index (κ3) is 2.80. The van der Waals surface area contributed by atoms with Gasteiger partial charge >= 0.3 is 0 Å². The van der Waals surface area contributed by atoms with Crippen molar-refractivity contribution in [2.75, 3.05) is 0 Å². The summed E-state index contributed by atoms with van der Waals surface area (Å²) in [6.07, 6.45) is 2.40. The van der Waals surface area contributed by atoms with Crippen molar-refractivity contribution in [1.29, 1.82) is 0 Å². The minimum absolute atomic E-state index is 0.336. The normalized spacial score (nSPS) is 11.0. The maximum Gasteiger partial charge on any atom is 0.168 e. The molecule has 2 heteroatoms. The molecule has 18 heavy (non-hydrogen) atoms. The monoisotopic (exact) mass is 235 g/mol. The molecular weight excluding hydrogens is 222 g/mol. The second-order valence-electron chi connectivity index (χ2n) is 3.83. The van der Waals surface area contributed by atoms with E-state index in [9.17, 15) is 4.79 Å². The molecule has 0 aliphatic rings. The molecule has 0 amide bonds. The average molecular weight is 235 g/mol. The van der Waals surface area contributed by atoms with Crippen LogP contribution in [0.3, 0.4) is 0 Å². The average Bonchev–Trinajstić information content (AvgIpc) is 2.46. The van der Waals surface area contributed by atoms with Crippen LogP contribution in [-0.4, -0.2) is 13.0 Å². The lowest BCUT2D eigenvalue weighted by atomic mass is 10.0. The van der Waals surface area contributed by atoms with Gasteiger partial charge in [0.05, 0.1) is 0 Å². The molecule has 0 heterocycles. The first-order valence-electron chi connectivity index (χ1n) is 5.62. The molecule has 0 atom stereocenters. The number of benzene rings is 2. The van der Waals surface area contributed by atoms with E-state index in [1.165, 1.54) is 5.56 Å². The molecule has 0 N–H and O–H groups in total. The first-order chi connectivity index (χ1) is 8.83. The second-order valence-corrected chi connectivity index (χ2v) is 3.83. The van der Waals surface area contributed by atoms with Crippen molar-refractivity contribution in [1.82, 2.24) is 0 Å². The van der Waals surface area contributed by atoms with Crippen LogP contribution in [-0.2, 0) is 4.79 Å². The Labute approximate surface area is 106 Å². The summed E-state index contributed by atoms with van der Waals surface area (Å²) in [7, 11) is 0. The number of hydrogen-bond acceptors (Lipinski definition) is 2. The lowest BCUT2D eigenvalue weighted by Crippen LogP contribution is -1.81. The van der Waals surface area contributed by atoms with Gasteiger partial charge in [-0.1, -0.05) is 54.6 Å². The Balaban J connectivity index is 2.28. The Bertz CT molecular complexity index is 558. The molecule has 0 bridgehead atoms. The molecule has 0 fully saturated rings. The van der Waals surface area contributed by atoms with Gasteiger partial charge in [-0.3, -0.25) is 9.79 Å². The van der Waals surface area contributed by atoms with Crippen LogP contribution in [0.2, 0.25) is 0 Å². The predicted molar refractivity (Wildman–Crippen MR) is 75.5 cm³/mol. The Hall–Kier alpha value is -2.48. The van der Waals surface area contributed by atoms with Gasteiger partial charge in [0.15, 0.2) is 6.29 Å². The predicted octanol–water partition coefficient (Wildman–Crippen LogP) is 3.59. The van der Waals surface area contributed by atoms with E-state index in [0.29, 0.717) is 12.0 Å². The van der Waals surface area contributed by atoms with Gasteiger partial charge in [-0.25, -0.2) is 0 Å². The van der Waals surface area contributed by atoms with Crippen LogP contribution in [0.25, 0.3) is 17.2 Å². The third-order valence-electron chi connectivity index (χ3n) is 2.64. The molecule has 0 aliphatic carbocycles. The van der Waals surface area contributed by atoms with E-state index in [0.717, 1.165) is 11.1 Å². The molecule has 2 aromatic rings. The zero-order valence-electron chi connectivity index (χ0n) is 9.91. The van der Waals surface area contributed by atoms with Gasteiger partial charge in [-0.05, 0) is 29.5 Å². The zero-order chi connectivity index (χ0) is 12.8. The number of nitrogens with zero attached hydrogens (tertiary/aromatic N) is 1. The highest BCUT2D eigenvalue weighted by Crippen LogP contribution is 2.20. The van der Waals surface area contributed by atoms with E-state index in [1.807, 2.05) is 42.5 Å². The largest absolute Gasteiger partial charge is 0.296 e. The number of allylic oxidation sites excluding steroid dienone is 1. The molecule has 2 rings (SSSR count). The lowest BCUT2D eigenvalue weighted by molar-refractivity contribution is -0.104. The second kappa shape index (κ2) is 5.73. The molecule has 2 nitrogen and oxygen atoms in total. The van der Waals surface area contributed by atoms with Crippen molar-refractivity contribution < 1.29 is 4.79 Å². The maximum atomic E-state index is 10.6. The van der Waals surface area contributed by atoms with Gasteiger partial charge in [0.25, 0.3) is 0 Å². The molecule has 0 saturated carbocycles. The number of carbonyl (C=O) groups excluding carboxylic acids is 1. The summed E-state index contributed by atoms with van der Waals surface area (Å²) in [5.41, 5.74) is 3.59. The highest BCUT2D eigenvalue weighted by molar-refractivity contribution is 5.82. The summed E-state index contributed by atoms with van der Waals surface area (Å²) in [5.74, 6) is 0. The zero-order valence-corrected chi connectivity index (χ0v) is 9.91. The van der Waals surface area contributed by atoms with E-state index in [1.54, 1.807) is 6.08 Å². The fourth-order valence-corrected chi connectivity index (χ4v) is 1.69. The highest BCUT2D eigenvalue weighted by Gasteiger charge is 1.97. The summed E-state index contributed by atoms with van der Waals surface area (Å²) in [6.45, 7) is 3.34. The van der Waals surface area contributed by atoms with Crippen molar-refractivity contribution in [3.63, 3.8) is 0 Å². The summed E-state index contributed by atoms with van der Waals surface area (Å²) in [5, 5.41) is 0. The summed E-state index contributed by atoms with van der Waals surface area (Å²) in [4.78, 5) is 14.3. The van der Waals surface area contributed by atoms with E-state index >= 15 is 0 Å². The van der Waals surface area contributed by atoms with E-state index in [-0.39, 0.29) is 0 Å². The minimum Gasteiger partial charge on any atom is -0.296 e. The summed E-state index contributed by atoms with van der Waals surface area (Å²) in [6, 6.07) is 18.1. The van der Waals surface area contributed by atoms with Crippen LogP contribution in [0.15, 0.2) is 65.3 Å². The minimum atomic E-state index is 0.336. The summed E-state index contributed by atoms with van der Waals surface area (Å²) < 4.78 is 0. The molecular formula is C16H13NO. The molecule has 0 spiro atoms. The number of carbonyl (C=O) groups is 1. The Morgan fingerprint density at radius 1 is 0.944 bits per heavy atom. The fourth-order valence-electron chi connectivity index (χ4n) is 1.69. The van der Waals surface area contributed by atoms with Crippen molar-refractivity contribution in [2.24, 2.45) is 4.99 Å². The Morgan fingerprint density at radius 2 is 1.56 bits per heavy atom. The van der Waals surface area contributed by atoms with Gasteiger partial charge in [0, 0.05) is 0 Å². The Morgan fingerprint density at radius 3 is 2.11 bits per heavy atom. The van der Waals surface area contributed by atoms with Crippen molar-refractivity contribution in [2.45, 2.75) is 0 Å². The van der Waals surface area contributed by atoms with Crippen LogP contribution < -0.4 is 0 Å². The van der Waals surface area contributed by atoms with E-state index < -0.39 is 0 Å². The fraction of sp³-hybridized carbons (Fsp3) is 0. The Kier molecular flexibility index (Phi) is 3.82. The number of hydrogen-bond donors (Lipinski definition) is 0. The van der Waals surface area contributed by atoms with Crippen molar-refractivity contribution >= 4 is 19.1 Å². The molecule has 0 aromatic heterocycles. The highest BCUT2D eigenvalue weighted by atomic mass is 16.1. The van der Waals surface area contributed by atoms with E-state index in [4.69, 9.17) is 0 Å². The van der Waals surface area contributed by atoms with Gasteiger partial charge < -0.3 is 0 Å². The van der Waals surface area contributed by atoms with Crippen LogP contribution in [0.1, 0.15) is 5.56 Å². The van der Waals surface area contributed by atoms with Gasteiger partial charge in [0.1, 0.15) is 5.70 Å². The van der Waals surface area contributed by atoms with Crippen LogP contribution in [0.5, 0.6) is 0 Å². The molecule has 0 saturated heterocycles. The van der Waals surface area contributed by atoms with Crippen molar-refractivity contribution in [3.8, 4) is 11.1 Å². The molecule has 88 valence electrons. The number of rotatable bonds is 4. The first-order valence-corrected chi connectivity index (χ1v) is 5.62. The molecule has 0 unspecified atom stereocenters. The SMILES string of the molecule is C=N/C(C=O)=C\c1ccc(-c2ccccc2)cc1. The standard InChI is InChI=1S/C16H13NO/c1-17-16(12-18)11-13-7-9-15(10-8-13)14-5-3-2-4-6-14/h2-12H,1H2/b16-11-. The number of aliphatic imine (C=N–C) groups is 1. The van der Waals surface area contributed by atoms with Gasteiger partial charge in [0.2, 0.25) is 0 Å². The van der Waals surface area contributed by atoms with Crippen LogP contribution in [0, 0.1) is 0 Å². The topological polar surface area (TPSA) is 29.4 Å². The smallest absolute Gasteiger partial charge is 0.168 e. The summed E-state index contributed by atoms with van der Waals surface area (Å²) >= 11 is 0. The lowest BCUT2D eigenvalue weighted by Gasteiger charge is -2.02. The van der Waals surface area contributed by atoms with Crippen LogP contribution in [0.4, 0.5) is 0 Å². The number of aldehydes is 1. The maximum absolute atomic E-state index is 10.6. The quantitative estimate of drug-likeness (QED) is 0.452. The van der Waals surface area contributed by atoms with Gasteiger partial charge in [-0.15, -0.1) is 0 Å². The van der Waals surface area contributed by atoms with Gasteiger partial charge in [-0.2, -0.15) is 0 Å². The molecule has 0 radical (unpaired) electrons. The molecule has 0 aliphatic heterocycles. The first kappa shape index (κ1) is 12.0. The van der Waals surface area contributed by atoms with Crippen LogP contribution >= 0.6 is 0 Å². The third-order valence-corrected chi connectivity index (χ3v) is 2.64.